The minimum Gasteiger partial charge on any atom is -0.490 e. The van der Waals surface area contributed by atoms with Gasteiger partial charge in [-0.3, -0.25) is 5.43 Å². The molecule has 4 N–H and O–H groups in total. The van der Waals surface area contributed by atoms with Crippen molar-refractivity contribution in [2.24, 2.45) is 5.10 Å². The number of hydrogen-bond acceptors (Lipinski definition) is 11. The zero-order valence-corrected chi connectivity index (χ0v) is 24.9. The lowest BCUT2D eigenvalue weighted by molar-refractivity contribution is -0.136. The summed E-state index contributed by atoms with van der Waals surface area (Å²) in [5.41, 5.74) is 5.89. The van der Waals surface area contributed by atoms with E-state index in [1.165, 1.54) is 20.4 Å². The number of rotatable bonds is 12. The number of furan rings is 1. The first-order valence-electron chi connectivity index (χ1n) is 13.7. The van der Waals surface area contributed by atoms with Crippen LogP contribution in [0.2, 0.25) is 0 Å². The number of hydrazone groups is 1. The molecule has 0 saturated carbocycles. The summed E-state index contributed by atoms with van der Waals surface area (Å²) in [6.07, 6.45) is 0.232. The van der Waals surface area contributed by atoms with Crippen molar-refractivity contribution in [3.8, 4) is 22.8 Å². The number of benzene rings is 2. The highest BCUT2D eigenvalue weighted by Crippen LogP contribution is 2.35. The largest absolute Gasteiger partial charge is 0.490 e. The standard InChI is InChI=1S/C31H34N4O9/c1-6-42-25-14-19(28-27(30(38)41-5)18(3)33-31(39)34-28)8-11-24(25)43-16-26(36)35-32-15-21-9-12-23(44-21)22-10-7-20(13-17(22)2)29(37)40-4/h7-15,26,28,35-36H,6,16H2,1-5H3,(H2,33,34,39)/b32-15-/t26-,28-/m1/s1. The number of methoxy groups -OCH3 is 2. The molecule has 0 radical (unpaired) electrons. The van der Waals surface area contributed by atoms with Gasteiger partial charge in [-0.15, -0.1) is 0 Å². The fourth-order valence-electron chi connectivity index (χ4n) is 4.56. The molecule has 2 aromatic carbocycles. The summed E-state index contributed by atoms with van der Waals surface area (Å²) in [5.74, 6) is 0.721. The molecular weight excluding hydrogens is 572 g/mol. The van der Waals surface area contributed by atoms with Crippen molar-refractivity contribution in [1.82, 2.24) is 16.1 Å². The molecule has 1 aliphatic heterocycles. The molecule has 232 valence electrons. The molecular formula is C31H34N4O9. The van der Waals surface area contributed by atoms with E-state index in [9.17, 15) is 19.5 Å². The Morgan fingerprint density at radius 1 is 1.05 bits per heavy atom. The number of hydrogen-bond donors (Lipinski definition) is 4. The third-order valence-corrected chi connectivity index (χ3v) is 6.63. The first-order chi connectivity index (χ1) is 21.1. The van der Waals surface area contributed by atoms with Gasteiger partial charge in [-0.1, -0.05) is 12.1 Å². The molecule has 1 aromatic heterocycles. The van der Waals surface area contributed by atoms with Crippen molar-refractivity contribution in [3.63, 3.8) is 0 Å². The fourth-order valence-corrected chi connectivity index (χ4v) is 4.56. The number of carbonyl (C=O) groups excluding carboxylic acids is 3. The summed E-state index contributed by atoms with van der Waals surface area (Å²) >= 11 is 0. The Morgan fingerprint density at radius 3 is 2.52 bits per heavy atom. The number of nitrogens with zero attached hydrogens (tertiary/aromatic N) is 1. The van der Waals surface area contributed by atoms with Gasteiger partial charge in [0.2, 0.25) is 0 Å². The number of allylic oxidation sites excluding steroid dienone is 1. The van der Waals surface area contributed by atoms with Crippen molar-refractivity contribution < 1.29 is 42.9 Å². The van der Waals surface area contributed by atoms with Crippen LogP contribution in [0.25, 0.3) is 11.3 Å². The van der Waals surface area contributed by atoms with Crippen molar-refractivity contribution in [2.45, 2.75) is 33.0 Å². The van der Waals surface area contributed by atoms with Crippen molar-refractivity contribution >= 4 is 24.2 Å². The third kappa shape index (κ3) is 7.36. The van der Waals surface area contributed by atoms with Gasteiger partial charge in [0.05, 0.1) is 44.2 Å². The summed E-state index contributed by atoms with van der Waals surface area (Å²) in [6.45, 7) is 5.43. The smallest absolute Gasteiger partial charge is 0.337 e. The Labute approximate surface area is 253 Å². The molecule has 0 unspecified atom stereocenters. The van der Waals surface area contributed by atoms with Crippen LogP contribution in [0.4, 0.5) is 4.79 Å². The number of nitrogens with one attached hydrogen (secondary N) is 3. The summed E-state index contributed by atoms with van der Waals surface area (Å²) in [7, 11) is 2.60. The Morgan fingerprint density at radius 2 is 1.82 bits per heavy atom. The van der Waals surface area contributed by atoms with Crippen LogP contribution in [0.1, 0.15) is 47.1 Å². The van der Waals surface area contributed by atoms with E-state index in [2.05, 4.69) is 21.2 Å². The van der Waals surface area contributed by atoms with Gasteiger partial charge in [-0.05, 0) is 68.3 Å². The maximum atomic E-state index is 12.4. The second-order valence-corrected chi connectivity index (χ2v) is 9.64. The van der Waals surface area contributed by atoms with E-state index in [1.54, 1.807) is 62.4 Å². The number of aryl methyl sites for hydroxylation is 1. The van der Waals surface area contributed by atoms with Gasteiger partial charge in [0, 0.05) is 11.3 Å². The Kier molecular flexibility index (Phi) is 10.2. The maximum absolute atomic E-state index is 12.4. The van der Waals surface area contributed by atoms with Crippen LogP contribution >= 0.6 is 0 Å². The lowest BCUT2D eigenvalue weighted by atomic mass is 9.95. The van der Waals surface area contributed by atoms with Gasteiger partial charge < -0.3 is 39.1 Å². The third-order valence-electron chi connectivity index (χ3n) is 6.63. The van der Waals surface area contributed by atoms with E-state index in [-0.39, 0.29) is 12.2 Å². The maximum Gasteiger partial charge on any atom is 0.337 e. The highest BCUT2D eigenvalue weighted by molar-refractivity contribution is 5.95. The van der Waals surface area contributed by atoms with Crippen LogP contribution in [0.3, 0.4) is 0 Å². The molecule has 2 heterocycles. The number of urea groups is 1. The van der Waals surface area contributed by atoms with Gasteiger partial charge in [0.1, 0.15) is 18.1 Å². The summed E-state index contributed by atoms with van der Waals surface area (Å²) in [4.78, 5) is 36.3. The van der Waals surface area contributed by atoms with E-state index in [4.69, 9.17) is 23.4 Å². The average molecular weight is 607 g/mol. The second kappa shape index (κ2) is 14.2. The predicted molar refractivity (Wildman–Crippen MR) is 159 cm³/mol. The number of amides is 2. The molecule has 0 bridgehead atoms. The molecule has 4 rings (SSSR count). The van der Waals surface area contributed by atoms with Gasteiger partial charge in [0.25, 0.3) is 0 Å². The SMILES string of the molecule is CCOc1cc([C@H]2NC(=O)NC(C)=C2C(=O)OC)ccc1OC[C@@H](O)N/N=C\c1ccc(-c2ccc(C(=O)OC)cc2C)o1. The first kappa shape index (κ1) is 31.6. The topological polar surface area (TPSA) is 170 Å². The van der Waals surface area contributed by atoms with E-state index >= 15 is 0 Å². The molecule has 0 aliphatic carbocycles. The van der Waals surface area contributed by atoms with Crippen LogP contribution in [0.15, 0.2) is 69.3 Å². The van der Waals surface area contributed by atoms with Gasteiger partial charge in [-0.2, -0.15) is 5.10 Å². The quantitative estimate of drug-likeness (QED) is 0.103. The molecule has 2 amide bonds. The van der Waals surface area contributed by atoms with Crippen molar-refractivity contribution in [2.75, 3.05) is 27.4 Å². The molecule has 1 aliphatic rings. The van der Waals surface area contributed by atoms with E-state index in [0.717, 1.165) is 11.1 Å². The molecule has 13 heteroatoms. The highest BCUT2D eigenvalue weighted by atomic mass is 16.5. The number of ether oxygens (including phenoxy) is 4. The molecule has 44 heavy (non-hydrogen) atoms. The summed E-state index contributed by atoms with van der Waals surface area (Å²) < 4.78 is 27.0. The fraction of sp³-hybridized carbons (Fsp3) is 0.290. The minimum absolute atomic E-state index is 0.178. The van der Waals surface area contributed by atoms with Crippen molar-refractivity contribution in [1.29, 1.82) is 0 Å². The second-order valence-electron chi connectivity index (χ2n) is 9.64. The molecule has 0 fully saturated rings. The highest BCUT2D eigenvalue weighted by Gasteiger charge is 2.32. The Bertz CT molecular complexity index is 1590. The van der Waals surface area contributed by atoms with Crippen LogP contribution in [-0.4, -0.2) is 63.0 Å². The monoisotopic (exact) mass is 606 g/mol. The zero-order chi connectivity index (χ0) is 31.8. The lowest BCUT2D eigenvalue weighted by Crippen LogP contribution is -2.45. The van der Waals surface area contributed by atoms with Crippen LogP contribution < -0.4 is 25.5 Å². The molecule has 3 aromatic rings. The zero-order valence-electron chi connectivity index (χ0n) is 24.9. The minimum atomic E-state index is -1.18. The Balaban J connectivity index is 1.38. The molecule has 0 saturated heterocycles. The number of esters is 2. The van der Waals surface area contributed by atoms with E-state index in [0.29, 0.717) is 46.5 Å². The van der Waals surface area contributed by atoms with E-state index < -0.39 is 30.2 Å². The summed E-state index contributed by atoms with van der Waals surface area (Å²) in [5, 5.41) is 19.7. The van der Waals surface area contributed by atoms with Crippen LogP contribution in [-0.2, 0) is 14.3 Å². The first-order valence-corrected chi connectivity index (χ1v) is 13.7. The van der Waals surface area contributed by atoms with Crippen molar-refractivity contribution in [3.05, 3.63) is 82.3 Å². The van der Waals surface area contributed by atoms with Gasteiger partial charge in [-0.25, -0.2) is 14.4 Å². The lowest BCUT2D eigenvalue weighted by Gasteiger charge is -2.28. The van der Waals surface area contributed by atoms with Gasteiger partial charge in [0.15, 0.2) is 17.7 Å². The molecule has 2 atom stereocenters. The predicted octanol–water partition coefficient (Wildman–Crippen LogP) is 3.56. The average Bonchev–Trinajstić information content (AvgIpc) is 3.47. The Hall–Kier alpha value is -5.30. The van der Waals surface area contributed by atoms with Crippen LogP contribution in [0, 0.1) is 6.92 Å². The molecule has 13 nitrogen and oxygen atoms in total. The number of aliphatic hydroxyl groups excluding tert-OH is 1. The van der Waals surface area contributed by atoms with Crippen LogP contribution in [0.5, 0.6) is 11.5 Å². The number of carbonyl (C=O) groups is 3. The van der Waals surface area contributed by atoms with Gasteiger partial charge >= 0.3 is 18.0 Å². The number of aliphatic hydroxyl groups is 1. The normalized spacial score (nSPS) is 15.3. The van der Waals surface area contributed by atoms with E-state index in [1.807, 2.05) is 6.92 Å². The summed E-state index contributed by atoms with van der Waals surface area (Å²) in [6, 6.07) is 12.4. The molecule has 0 spiro atoms.